The zero-order valence-corrected chi connectivity index (χ0v) is 16.7. The van der Waals surface area contributed by atoms with Gasteiger partial charge in [0.2, 0.25) is 5.91 Å². The summed E-state index contributed by atoms with van der Waals surface area (Å²) in [5.74, 6) is -0.612. The second-order valence-electron chi connectivity index (χ2n) is 7.78. The van der Waals surface area contributed by atoms with Gasteiger partial charge in [-0.3, -0.25) is 14.2 Å². The molecule has 0 fully saturated rings. The lowest BCUT2D eigenvalue weighted by atomic mass is 9.84. The van der Waals surface area contributed by atoms with Gasteiger partial charge >= 0.3 is 0 Å². The van der Waals surface area contributed by atoms with Crippen LogP contribution < -0.4 is 5.56 Å². The molecule has 0 N–H and O–H groups in total. The standard InChI is InChI=1S/C25H20FN3O2/c26-19-10-11-23-21(12-19)25(31)29(16-27-23)15-24(30)28-13-18-8-4-5-9-20(18)22(14-28)17-6-2-1-3-7-17/h1-12,16,22H,13-15H2. The zero-order valence-electron chi connectivity index (χ0n) is 16.7. The highest BCUT2D eigenvalue weighted by Gasteiger charge is 2.29. The predicted octanol–water partition coefficient (Wildman–Crippen LogP) is 3.71. The molecule has 5 nitrogen and oxygen atoms in total. The summed E-state index contributed by atoms with van der Waals surface area (Å²) in [5, 5.41) is 0.168. The normalized spacial score (nSPS) is 15.6. The maximum atomic E-state index is 13.6. The lowest BCUT2D eigenvalue weighted by Gasteiger charge is -2.35. The minimum Gasteiger partial charge on any atom is -0.336 e. The van der Waals surface area contributed by atoms with Crippen LogP contribution in [0.25, 0.3) is 10.9 Å². The molecule has 4 aromatic rings. The third-order valence-corrected chi connectivity index (χ3v) is 5.84. The fourth-order valence-corrected chi connectivity index (χ4v) is 4.26. The fourth-order valence-electron chi connectivity index (χ4n) is 4.26. The molecule has 1 atom stereocenters. The molecule has 0 saturated carbocycles. The molecule has 154 valence electrons. The number of halogens is 1. The topological polar surface area (TPSA) is 55.2 Å². The van der Waals surface area contributed by atoms with E-state index in [0.717, 1.165) is 17.2 Å². The van der Waals surface area contributed by atoms with Crippen molar-refractivity contribution in [2.45, 2.75) is 19.0 Å². The van der Waals surface area contributed by atoms with Crippen molar-refractivity contribution in [3.05, 3.63) is 112 Å². The van der Waals surface area contributed by atoms with Gasteiger partial charge in [0.25, 0.3) is 5.56 Å². The van der Waals surface area contributed by atoms with Crippen molar-refractivity contribution in [3.8, 4) is 0 Å². The molecule has 0 aliphatic carbocycles. The number of benzene rings is 3. The first-order valence-electron chi connectivity index (χ1n) is 10.2. The molecule has 0 bridgehead atoms. The van der Waals surface area contributed by atoms with Crippen molar-refractivity contribution in [3.63, 3.8) is 0 Å². The van der Waals surface area contributed by atoms with Gasteiger partial charge in [-0.05, 0) is 34.9 Å². The lowest BCUT2D eigenvalue weighted by Crippen LogP contribution is -2.41. The summed E-state index contributed by atoms with van der Waals surface area (Å²) in [5.41, 5.74) is 3.45. The highest BCUT2D eigenvalue weighted by atomic mass is 19.1. The van der Waals surface area contributed by atoms with Crippen LogP contribution in [0, 0.1) is 5.82 Å². The molecule has 1 aliphatic rings. The van der Waals surface area contributed by atoms with Crippen LogP contribution in [0.5, 0.6) is 0 Å². The third-order valence-electron chi connectivity index (χ3n) is 5.84. The Hall–Kier alpha value is -3.80. The van der Waals surface area contributed by atoms with E-state index in [9.17, 15) is 14.0 Å². The van der Waals surface area contributed by atoms with Crippen LogP contribution >= 0.6 is 0 Å². The molecule has 0 spiro atoms. The van der Waals surface area contributed by atoms with Crippen molar-refractivity contribution in [2.75, 3.05) is 6.54 Å². The van der Waals surface area contributed by atoms with E-state index >= 15 is 0 Å². The van der Waals surface area contributed by atoms with Crippen molar-refractivity contribution >= 4 is 16.8 Å². The fraction of sp³-hybridized carbons (Fsp3) is 0.160. The molecule has 1 aromatic heterocycles. The van der Waals surface area contributed by atoms with Gasteiger partial charge in [0.15, 0.2) is 0 Å². The lowest BCUT2D eigenvalue weighted by molar-refractivity contribution is -0.133. The van der Waals surface area contributed by atoms with E-state index in [1.165, 1.54) is 28.6 Å². The molecule has 0 radical (unpaired) electrons. The molecule has 5 rings (SSSR count). The SMILES string of the molecule is O=C(Cn1cnc2ccc(F)cc2c1=O)N1Cc2ccccc2C(c2ccccc2)C1. The van der Waals surface area contributed by atoms with Crippen LogP contribution in [0.15, 0.2) is 83.9 Å². The van der Waals surface area contributed by atoms with Gasteiger partial charge in [0.05, 0.1) is 17.2 Å². The predicted molar refractivity (Wildman–Crippen MR) is 116 cm³/mol. The number of hydrogen-bond acceptors (Lipinski definition) is 3. The van der Waals surface area contributed by atoms with Crippen molar-refractivity contribution in [2.24, 2.45) is 0 Å². The summed E-state index contributed by atoms with van der Waals surface area (Å²) >= 11 is 0. The van der Waals surface area contributed by atoms with Crippen LogP contribution in [0.3, 0.4) is 0 Å². The highest BCUT2D eigenvalue weighted by molar-refractivity contribution is 5.79. The number of nitrogens with zero attached hydrogens (tertiary/aromatic N) is 3. The zero-order chi connectivity index (χ0) is 21.4. The number of aromatic nitrogens is 2. The largest absolute Gasteiger partial charge is 0.336 e. The maximum Gasteiger partial charge on any atom is 0.261 e. The van der Waals surface area contributed by atoms with E-state index in [2.05, 4.69) is 23.2 Å². The van der Waals surface area contributed by atoms with E-state index in [1.54, 1.807) is 4.90 Å². The number of rotatable bonds is 3. The summed E-state index contributed by atoms with van der Waals surface area (Å²) in [6, 6.07) is 22.1. The number of carbonyl (C=O) groups excluding carboxylic acids is 1. The van der Waals surface area contributed by atoms with Crippen molar-refractivity contribution < 1.29 is 9.18 Å². The van der Waals surface area contributed by atoms with E-state index in [0.29, 0.717) is 18.6 Å². The first-order chi connectivity index (χ1) is 15.1. The second kappa shape index (κ2) is 7.80. The van der Waals surface area contributed by atoms with Gasteiger partial charge in [-0.25, -0.2) is 9.37 Å². The Morgan fingerprint density at radius 1 is 1.03 bits per heavy atom. The Balaban J connectivity index is 1.46. The Labute approximate surface area is 178 Å². The summed E-state index contributed by atoms with van der Waals surface area (Å²) in [7, 11) is 0. The monoisotopic (exact) mass is 413 g/mol. The number of hydrogen-bond donors (Lipinski definition) is 0. The van der Waals surface area contributed by atoms with Crippen molar-refractivity contribution in [1.29, 1.82) is 0 Å². The van der Waals surface area contributed by atoms with Crippen LogP contribution in [-0.2, 0) is 17.9 Å². The van der Waals surface area contributed by atoms with Gasteiger partial charge in [-0.1, -0.05) is 54.6 Å². The van der Waals surface area contributed by atoms with Crippen LogP contribution in [0.4, 0.5) is 4.39 Å². The molecule has 0 saturated heterocycles. The van der Waals surface area contributed by atoms with Gasteiger partial charge in [-0.15, -0.1) is 0 Å². The van der Waals surface area contributed by atoms with E-state index < -0.39 is 11.4 Å². The summed E-state index contributed by atoms with van der Waals surface area (Å²) in [6.45, 7) is 0.884. The van der Waals surface area contributed by atoms with Gasteiger partial charge in [0, 0.05) is 19.0 Å². The first-order valence-corrected chi connectivity index (χ1v) is 10.2. The van der Waals surface area contributed by atoms with Gasteiger partial charge in [0.1, 0.15) is 12.4 Å². The van der Waals surface area contributed by atoms with E-state index in [4.69, 9.17) is 0 Å². The minimum absolute atomic E-state index is 0.0654. The van der Waals surface area contributed by atoms with Crippen molar-refractivity contribution in [1.82, 2.24) is 14.5 Å². The smallest absolute Gasteiger partial charge is 0.261 e. The molecular weight excluding hydrogens is 393 g/mol. The Morgan fingerprint density at radius 3 is 2.65 bits per heavy atom. The minimum atomic E-state index is -0.506. The number of fused-ring (bicyclic) bond motifs is 2. The molecule has 2 heterocycles. The van der Waals surface area contributed by atoms with Crippen LogP contribution in [0.1, 0.15) is 22.6 Å². The highest BCUT2D eigenvalue weighted by Crippen LogP contribution is 2.33. The Kier molecular flexibility index (Phi) is 4.82. The summed E-state index contributed by atoms with van der Waals surface area (Å²) in [4.78, 5) is 31.9. The summed E-state index contributed by atoms with van der Waals surface area (Å²) < 4.78 is 14.8. The average molecular weight is 413 g/mol. The molecule has 6 heteroatoms. The molecule has 1 unspecified atom stereocenters. The van der Waals surface area contributed by atoms with E-state index in [1.807, 2.05) is 36.4 Å². The first kappa shape index (κ1) is 19.2. The Bertz CT molecular complexity index is 1330. The molecule has 31 heavy (non-hydrogen) atoms. The third kappa shape index (κ3) is 3.61. The van der Waals surface area contributed by atoms with Gasteiger partial charge < -0.3 is 4.90 Å². The maximum absolute atomic E-state index is 13.6. The Morgan fingerprint density at radius 2 is 1.81 bits per heavy atom. The summed E-state index contributed by atoms with van der Waals surface area (Å²) in [6.07, 6.45) is 1.35. The van der Waals surface area contributed by atoms with Crippen LogP contribution in [0.2, 0.25) is 0 Å². The number of carbonyl (C=O) groups is 1. The molecular formula is C25H20FN3O2. The average Bonchev–Trinajstić information content (AvgIpc) is 2.81. The number of amides is 1. The second-order valence-corrected chi connectivity index (χ2v) is 7.78. The van der Waals surface area contributed by atoms with Gasteiger partial charge in [-0.2, -0.15) is 0 Å². The quantitative estimate of drug-likeness (QED) is 0.515. The van der Waals surface area contributed by atoms with E-state index in [-0.39, 0.29) is 23.8 Å². The van der Waals surface area contributed by atoms with Crippen LogP contribution in [-0.4, -0.2) is 26.9 Å². The molecule has 1 aliphatic heterocycles. The molecule has 3 aromatic carbocycles. The molecule has 1 amide bonds.